The maximum Gasteiger partial charge on any atom is 0.354 e. The van der Waals surface area contributed by atoms with Crippen molar-refractivity contribution in [1.29, 1.82) is 0 Å². The van der Waals surface area contributed by atoms with Gasteiger partial charge in [0.25, 0.3) is 0 Å². The van der Waals surface area contributed by atoms with Gasteiger partial charge in [-0.05, 0) is 43.3 Å². The molecule has 0 amide bonds. The fourth-order valence-corrected chi connectivity index (χ4v) is 2.15. The lowest BCUT2D eigenvalue weighted by atomic mass is 10.3. The number of rotatable bonds is 4. The first-order valence-electron chi connectivity index (χ1n) is 6.63. The average molecular weight is 298 g/mol. The van der Waals surface area contributed by atoms with Gasteiger partial charge in [0.2, 0.25) is 0 Å². The van der Waals surface area contributed by atoms with Gasteiger partial charge >= 0.3 is 5.97 Å². The Morgan fingerprint density at radius 2 is 1.95 bits per heavy atom. The van der Waals surface area contributed by atoms with Crippen LogP contribution in [0.25, 0.3) is 17.1 Å². The van der Waals surface area contributed by atoms with E-state index in [0.29, 0.717) is 22.9 Å². The second-order valence-corrected chi connectivity index (χ2v) is 4.74. The summed E-state index contributed by atoms with van der Waals surface area (Å²) in [5.74, 6) is 0.908. The minimum absolute atomic E-state index is 0.0641. The Labute approximate surface area is 126 Å². The van der Waals surface area contributed by atoms with Crippen molar-refractivity contribution in [1.82, 2.24) is 9.78 Å². The van der Waals surface area contributed by atoms with Crippen LogP contribution in [0.3, 0.4) is 0 Å². The summed E-state index contributed by atoms with van der Waals surface area (Å²) in [4.78, 5) is 11.5. The van der Waals surface area contributed by atoms with Gasteiger partial charge in [0, 0.05) is 6.07 Å². The zero-order valence-electron chi connectivity index (χ0n) is 12.1. The first-order valence-corrected chi connectivity index (χ1v) is 6.63. The van der Waals surface area contributed by atoms with E-state index in [1.54, 1.807) is 37.4 Å². The highest BCUT2D eigenvalue weighted by atomic mass is 16.5. The van der Waals surface area contributed by atoms with E-state index in [2.05, 4.69) is 5.10 Å². The van der Waals surface area contributed by atoms with E-state index in [-0.39, 0.29) is 5.69 Å². The molecule has 0 atom stereocenters. The molecule has 3 aromatic rings. The lowest BCUT2D eigenvalue weighted by molar-refractivity contribution is 0.0687. The van der Waals surface area contributed by atoms with Crippen LogP contribution in [0.1, 0.15) is 16.2 Å². The van der Waals surface area contributed by atoms with Crippen LogP contribution in [-0.2, 0) is 0 Å². The lowest BCUT2D eigenvalue weighted by Crippen LogP contribution is -2.07. The normalized spacial score (nSPS) is 10.6. The minimum Gasteiger partial charge on any atom is -0.497 e. The van der Waals surface area contributed by atoms with E-state index in [1.807, 2.05) is 13.0 Å². The fourth-order valence-electron chi connectivity index (χ4n) is 2.15. The molecule has 1 aromatic carbocycles. The summed E-state index contributed by atoms with van der Waals surface area (Å²) in [6, 6.07) is 12.1. The highest BCUT2D eigenvalue weighted by molar-refractivity contribution is 5.87. The number of hydrogen-bond donors (Lipinski definition) is 1. The molecule has 0 aliphatic heterocycles. The van der Waals surface area contributed by atoms with Gasteiger partial charge in [0.05, 0.1) is 12.8 Å². The van der Waals surface area contributed by atoms with Crippen LogP contribution in [0.15, 0.2) is 46.9 Å². The molecule has 2 aromatic heterocycles. The molecule has 6 heteroatoms. The number of hydrogen-bond acceptors (Lipinski definition) is 4. The second kappa shape index (κ2) is 5.40. The Hall–Kier alpha value is -3.02. The standard InChI is InChI=1S/C16H14N2O4/c1-10-3-8-15(22-10)13-9-14(16(19)20)18(17-13)11-4-6-12(21-2)7-5-11/h3-9H,1-2H3,(H,19,20). The monoisotopic (exact) mass is 298 g/mol. The first kappa shape index (κ1) is 13.9. The van der Waals surface area contributed by atoms with Crippen molar-refractivity contribution in [2.24, 2.45) is 0 Å². The molecule has 1 N–H and O–H groups in total. The molecule has 22 heavy (non-hydrogen) atoms. The molecule has 0 saturated heterocycles. The Kier molecular flexibility index (Phi) is 3.42. The number of carboxylic acids is 1. The summed E-state index contributed by atoms with van der Waals surface area (Å²) in [6.45, 7) is 1.82. The molecule has 0 aliphatic carbocycles. The molecule has 0 saturated carbocycles. The molecule has 0 aliphatic rings. The van der Waals surface area contributed by atoms with Crippen molar-refractivity contribution < 1.29 is 19.1 Å². The topological polar surface area (TPSA) is 77.5 Å². The number of aryl methyl sites for hydroxylation is 1. The van der Waals surface area contributed by atoms with E-state index in [0.717, 1.165) is 5.76 Å². The molecular formula is C16H14N2O4. The highest BCUT2D eigenvalue weighted by Crippen LogP contribution is 2.24. The predicted octanol–water partition coefficient (Wildman–Crippen LogP) is 3.15. The summed E-state index contributed by atoms with van der Waals surface area (Å²) in [6.07, 6.45) is 0. The summed E-state index contributed by atoms with van der Waals surface area (Å²) in [5, 5.41) is 13.7. The number of carbonyl (C=O) groups is 1. The van der Waals surface area contributed by atoms with Gasteiger partial charge in [-0.15, -0.1) is 0 Å². The molecule has 0 bridgehead atoms. The SMILES string of the molecule is COc1ccc(-n2nc(-c3ccc(C)o3)cc2C(=O)O)cc1. The minimum atomic E-state index is -1.06. The Bertz CT molecular complexity index is 815. The van der Waals surface area contributed by atoms with Gasteiger partial charge in [0.1, 0.15) is 17.2 Å². The summed E-state index contributed by atoms with van der Waals surface area (Å²) in [7, 11) is 1.57. The third kappa shape index (κ3) is 2.46. The number of benzene rings is 1. The molecule has 0 radical (unpaired) electrons. The van der Waals surface area contributed by atoms with E-state index in [4.69, 9.17) is 9.15 Å². The average Bonchev–Trinajstić information content (AvgIpc) is 3.13. The van der Waals surface area contributed by atoms with Crippen molar-refractivity contribution in [3.8, 4) is 22.9 Å². The maximum atomic E-state index is 11.5. The second-order valence-electron chi connectivity index (χ2n) is 4.74. The lowest BCUT2D eigenvalue weighted by Gasteiger charge is -2.05. The Balaban J connectivity index is 2.09. The van der Waals surface area contributed by atoms with Gasteiger partial charge in [-0.3, -0.25) is 0 Å². The summed E-state index contributed by atoms with van der Waals surface area (Å²) < 4.78 is 12.0. The van der Waals surface area contributed by atoms with Crippen molar-refractivity contribution in [3.63, 3.8) is 0 Å². The molecule has 0 unspecified atom stereocenters. The molecule has 2 heterocycles. The van der Waals surface area contributed by atoms with E-state index in [1.165, 1.54) is 10.7 Å². The van der Waals surface area contributed by atoms with Crippen molar-refractivity contribution in [2.75, 3.05) is 7.11 Å². The Morgan fingerprint density at radius 1 is 1.23 bits per heavy atom. The summed E-state index contributed by atoms with van der Waals surface area (Å²) in [5.41, 5.74) is 1.17. The smallest absolute Gasteiger partial charge is 0.354 e. The van der Waals surface area contributed by atoms with Crippen molar-refractivity contribution in [3.05, 3.63) is 53.9 Å². The van der Waals surface area contributed by atoms with Crippen LogP contribution in [-0.4, -0.2) is 28.0 Å². The van der Waals surface area contributed by atoms with Crippen LogP contribution in [0.4, 0.5) is 0 Å². The van der Waals surface area contributed by atoms with Gasteiger partial charge in [-0.1, -0.05) is 0 Å². The largest absolute Gasteiger partial charge is 0.497 e. The fraction of sp³-hybridized carbons (Fsp3) is 0.125. The molecule has 0 spiro atoms. The van der Waals surface area contributed by atoms with Crippen molar-refractivity contribution in [2.45, 2.75) is 6.92 Å². The van der Waals surface area contributed by atoms with Crippen molar-refractivity contribution >= 4 is 5.97 Å². The number of nitrogens with zero attached hydrogens (tertiary/aromatic N) is 2. The van der Waals surface area contributed by atoms with E-state index >= 15 is 0 Å². The quantitative estimate of drug-likeness (QED) is 0.800. The van der Waals surface area contributed by atoms with Gasteiger partial charge < -0.3 is 14.3 Å². The van der Waals surface area contributed by atoms with Crippen LogP contribution in [0.5, 0.6) is 5.75 Å². The van der Waals surface area contributed by atoms with Crippen LogP contribution in [0.2, 0.25) is 0 Å². The van der Waals surface area contributed by atoms with Gasteiger partial charge in [0.15, 0.2) is 11.5 Å². The van der Waals surface area contributed by atoms with E-state index in [9.17, 15) is 9.90 Å². The number of furan rings is 1. The third-order valence-corrected chi connectivity index (χ3v) is 3.24. The van der Waals surface area contributed by atoms with Gasteiger partial charge in [-0.2, -0.15) is 5.10 Å². The van der Waals surface area contributed by atoms with Crippen LogP contribution >= 0.6 is 0 Å². The van der Waals surface area contributed by atoms with E-state index < -0.39 is 5.97 Å². The number of methoxy groups -OCH3 is 1. The van der Waals surface area contributed by atoms with Crippen LogP contribution < -0.4 is 4.74 Å². The number of aromatic nitrogens is 2. The number of aromatic carboxylic acids is 1. The van der Waals surface area contributed by atoms with Crippen LogP contribution in [0, 0.1) is 6.92 Å². The zero-order valence-corrected chi connectivity index (χ0v) is 12.1. The molecule has 112 valence electrons. The predicted molar refractivity (Wildman–Crippen MR) is 79.5 cm³/mol. The highest BCUT2D eigenvalue weighted by Gasteiger charge is 2.18. The molecule has 0 fully saturated rings. The molecule has 3 rings (SSSR count). The Morgan fingerprint density at radius 3 is 2.50 bits per heavy atom. The van der Waals surface area contributed by atoms with Gasteiger partial charge in [-0.25, -0.2) is 9.48 Å². The third-order valence-electron chi connectivity index (χ3n) is 3.24. The summed E-state index contributed by atoms with van der Waals surface area (Å²) >= 11 is 0. The zero-order chi connectivity index (χ0) is 15.7. The molecular weight excluding hydrogens is 284 g/mol. The number of carboxylic acid groups (broad SMARTS) is 1. The maximum absolute atomic E-state index is 11.5. The number of ether oxygens (including phenoxy) is 1. The molecule has 6 nitrogen and oxygen atoms in total. The first-order chi connectivity index (χ1) is 10.6.